The van der Waals surface area contributed by atoms with E-state index in [0.717, 1.165) is 11.5 Å². The number of hydrogen-bond acceptors (Lipinski definition) is 5. The monoisotopic (exact) mass is 374 g/mol. The second-order valence-corrected chi connectivity index (χ2v) is 6.78. The van der Waals surface area contributed by atoms with E-state index in [-0.39, 0.29) is 22.8 Å². The van der Waals surface area contributed by atoms with Gasteiger partial charge in [0.1, 0.15) is 11.5 Å². The highest BCUT2D eigenvalue weighted by molar-refractivity contribution is 8.01. The number of thioether (sulfide) groups is 1. The molecule has 2 amide bonds. The number of hydrogen-bond donors (Lipinski definition) is 2. The smallest absolute Gasteiger partial charge is 0.237 e. The quantitative estimate of drug-likeness (QED) is 0.741. The predicted octanol–water partition coefficient (Wildman–Crippen LogP) is 3.40. The molecule has 0 saturated heterocycles. The van der Waals surface area contributed by atoms with Crippen LogP contribution in [0.3, 0.4) is 0 Å². The second kappa shape index (κ2) is 9.72. The van der Waals surface area contributed by atoms with E-state index in [1.807, 2.05) is 0 Å². The summed E-state index contributed by atoms with van der Waals surface area (Å²) in [5.74, 6) is 1.31. The summed E-state index contributed by atoms with van der Waals surface area (Å²) in [5, 5.41) is 5.24. The minimum atomic E-state index is -0.362. The van der Waals surface area contributed by atoms with Crippen LogP contribution in [0.15, 0.2) is 48.5 Å². The molecule has 0 aliphatic rings. The first-order valence-electron chi connectivity index (χ1n) is 8.02. The summed E-state index contributed by atoms with van der Waals surface area (Å²) in [6, 6.07) is 14.2. The Morgan fingerprint density at radius 2 is 1.35 bits per heavy atom. The fraction of sp³-hybridized carbons (Fsp3) is 0.263. The molecule has 2 aromatic rings. The first-order valence-corrected chi connectivity index (χ1v) is 9.07. The molecule has 2 aromatic carbocycles. The van der Waals surface area contributed by atoms with Crippen LogP contribution in [-0.4, -0.2) is 37.0 Å². The molecule has 0 heterocycles. The fourth-order valence-corrected chi connectivity index (χ4v) is 2.75. The number of carbonyl (C=O) groups is 2. The topological polar surface area (TPSA) is 76.7 Å². The minimum absolute atomic E-state index is 0.155. The maximum Gasteiger partial charge on any atom is 0.237 e. The number of anilines is 2. The molecule has 0 fully saturated rings. The number of carbonyl (C=O) groups excluding carboxylic acids is 2. The Hall–Kier alpha value is -2.67. The van der Waals surface area contributed by atoms with Gasteiger partial charge in [-0.2, -0.15) is 0 Å². The standard InChI is InChI=1S/C19H22N2O4S/c1-13(19(23)21-15-6-10-17(25-3)11-7-15)26-12-18(22)20-14-4-8-16(24-2)9-5-14/h4-11,13H,12H2,1-3H3,(H,20,22)(H,21,23). The molecule has 7 heteroatoms. The SMILES string of the molecule is COc1ccc(NC(=O)CSC(C)C(=O)Nc2ccc(OC)cc2)cc1. The van der Waals surface area contributed by atoms with Crippen molar-refractivity contribution in [3.8, 4) is 11.5 Å². The lowest BCUT2D eigenvalue weighted by Gasteiger charge is -2.12. The molecule has 0 bridgehead atoms. The Morgan fingerprint density at radius 1 is 0.885 bits per heavy atom. The van der Waals surface area contributed by atoms with E-state index in [0.29, 0.717) is 11.4 Å². The van der Waals surface area contributed by atoms with Crippen molar-refractivity contribution in [2.45, 2.75) is 12.2 Å². The van der Waals surface area contributed by atoms with Crippen molar-refractivity contribution >= 4 is 35.0 Å². The lowest BCUT2D eigenvalue weighted by atomic mass is 10.3. The van der Waals surface area contributed by atoms with Gasteiger partial charge in [-0.25, -0.2) is 0 Å². The molecule has 1 atom stereocenters. The van der Waals surface area contributed by atoms with Crippen molar-refractivity contribution in [1.29, 1.82) is 0 Å². The van der Waals surface area contributed by atoms with Crippen LogP contribution in [0.2, 0.25) is 0 Å². The summed E-state index contributed by atoms with van der Waals surface area (Å²) in [4.78, 5) is 24.2. The molecule has 2 rings (SSSR count). The van der Waals surface area contributed by atoms with Gasteiger partial charge < -0.3 is 20.1 Å². The average Bonchev–Trinajstić information content (AvgIpc) is 2.67. The maximum atomic E-state index is 12.2. The van der Waals surface area contributed by atoms with Crippen LogP contribution in [0.25, 0.3) is 0 Å². The third kappa shape index (κ3) is 6.00. The van der Waals surface area contributed by atoms with Crippen molar-refractivity contribution in [3.05, 3.63) is 48.5 Å². The van der Waals surface area contributed by atoms with Gasteiger partial charge in [0.2, 0.25) is 11.8 Å². The lowest BCUT2D eigenvalue weighted by Crippen LogP contribution is -2.25. The highest BCUT2D eigenvalue weighted by Gasteiger charge is 2.15. The highest BCUT2D eigenvalue weighted by atomic mass is 32.2. The van der Waals surface area contributed by atoms with Crippen molar-refractivity contribution in [3.63, 3.8) is 0 Å². The molecule has 1 unspecified atom stereocenters. The zero-order valence-corrected chi connectivity index (χ0v) is 15.8. The van der Waals surface area contributed by atoms with Crippen molar-refractivity contribution in [2.24, 2.45) is 0 Å². The largest absolute Gasteiger partial charge is 0.497 e. The third-order valence-electron chi connectivity index (χ3n) is 3.56. The average molecular weight is 374 g/mol. The molecule has 0 aliphatic carbocycles. The van der Waals surface area contributed by atoms with Gasteiger partial charge in [-0.3, -0.25) is 9.59 Å². The van der Waals surface area contributed by atoms with Crippen LogP contribution in [0, 0.1) is 0 Å². The van der Waals surface area contributed by atoms with Crippen LogP contribution in [0.1, 0.15) is 6.92 Å². The van der Waals surface area contributed by atoms with Gasteiger partial charge in [0, 0.05) is 11.4 Å². The predicted molar refractivity (Wildman–Crippen MR) is 105 cm³/mol. The summed E-state index contributed by atoms with van der Waals surface area (Å²) in [7, 11) is 3.17. The fourth-order valence-electron chi connectivity index (χ4n) is 2.07. The molecule has 6 nitrogen and oxygen atoms in total. The Kier molecular flexibility index (Phi) is 7.35. The zero-order chi connectivity index (χ0) is 18.9. The van der Waals surface area contributed by atoms with E-state index in [1.54, 1.807) is 69.7 Å². The van der Waals surface area contributed by atoms with E-state index in [4.69, 9.17) is 9.47 Å². The van der Waals surface area contributed by atoms with Crippen LogP contribution < -0.4 is 20.1 Å². The Balaban J connectivity index is 1.77. The van der Waals surface area contributed by atoms with Gasteiger partial charge in [0.15, 0.2) is 0 Å². The van der Waals surface area contributed by atoms with E-state index in [2.05, 4.69) is 10.6 Å². The van der Waals surface area contributed by atoms with Gasteiger partial charge in [-0.1, -0.05) is 0 Å². The van der Waals surface area contributed by atoms with Crippen LogP contribution in [0.4, 0.5) is 11.4 Å². The molecule has 0 spiro atoms. The summed E-state index contributed by atoms with van der Waals surface area (Å²) in [6.45, 7) is 1.77. The van der Waals surface area contributed by atoms with Crippen molar-refractivity contribution in [2.75, 3.05) is 30.6 Å². The van der Waals surface area contributed by atoms with Gasteiger partial charge in [0.05, 0.1) is 25.2 Å². The molecule has 138 valence electrons. The Labute approximate surface area is 157 Å². The summed E-state index contributed by atoms with van der Waals surface area (Å²) < 4.78 is 10.2. The molecule has 0 aliphatic heterocycles. The molecular formula is C19H22N2O4S. The van der Waals surface area contributed by atoms with Crippen LogP contribution >= 0.6 is 11.8 Å². The van der Waals surface area contributed by atoms with E-state index in [1.165, 1.54) is 11.8 Å². The van der Waals surface area contributed by atoms with Gasteiger partial charge in [-0.15, -0.1) is 11.8 Å². The van der Waals surface area contributed by atoms with Crippen LogP contribution in [-0.2, 0) is 9.59 Å². The highest BCUT2D eigenvalue weighted by Crippen LogP contribution is 2.19. The Morgan fingerprint density at radius 3 is 1.81 bits per heavy atom. The first-order chi connectivity index (χ1) is 12.5. The summed E-state index contributed by atoms with van der Waals surface area (Å²) >= 11 is 1.27. The molecule has 2 N–H and O–H groups in total. The van der Waals surface area contributed by atoms with Crippen molar-refractivity contribution < 1.29 is 19.1 Å². The zero-order valence-electron chi connectivity index (χ0n) is 14.9. The number of methoxy groups -OCH3 is 2. The molecule has 0 aromatic heterocycles. The van der Waals surface area contributed by atoms with E-state index in [9.17, 15) is 9.59 Å². The van der Waals surface area contributed by atoms with Gasteiger partial charge >= 0.3 is 0 Å². The number of nitrogens with one attached hydrogen (secondary N) is 2. The molecular weight excluding hydrogens is 352 g/mol. The number of rotatable bonds is 8. The number of amides is 2. The normalized spacial score (nSPS) is 11.3. The summed E-state index contributed by atoms with van der Waals surface area (Å²) in [6.07, 6.45) is 0. The van der Waals surface area contributed by atoms with E-state index < -0.39 is 0 Å². The van der Waals surface area contributed by atoms with Crippen LogP contribution in [0.5, 0.6) is 11.5 Å². The van der Waals surface area contributed by atoms with Gasteiger partial charge in [0.25, 0.3) is 0 Å². The first kappa shape index (κ1) is 19.7. The maximum absolute atomic E-state index is 12.2. The molecule has 0 saturated carbocycles. The number of benzene rings is 2. The summed E-state index contributed by atoms with van der Waals surface area (Å²) in [5.41, 5.74) is 1.37. The number of ether oxygens (including phenoxy) is 2. The Bertz CT molecular complexity index is 732. The minimum Gasteiger partial charge on any atom is -0.497 e. The third-order valence-corrected chi connectivity index (χ3v) is 4.71. The molecule has 26 heavy (non-hydrogen) atoms. The van der Waals surface area contributed by atoms with E-state index >= 15 is 0 Å². The second-order valence-electron chi connectivity index (χ2n) is 5.45. The lowest BCUT2D eigenvalue weighted by molar-refractivity contribution is -0.115. The molecule has 0 radical (unpaired) electrons. The van der Waals surface area contributed by atoms with Gasteiger partial charge in [-0.05, 0) is 55.5 Å². The van der Waals surface area contributed by atoms with Crippen molar-refractivity contribution in [1.82, 2.24) is 0 Å².